The fraction of sp³-hybridized carbons (Fsp3) is 0.190. The molecule has 0 unspecified atom stereocenters. The summed E-state index contributed by atoms with van der Waals surface area (Å²) in [6.07, 6.45) is 1.70. The molecule has 0 saturated heterocycles. The van der Waals surface area contributed by atoms with Gasteiger partial charge < -0.3 is 0 Å². The summed E-state index contributed by atoms with van der Waals surface area (Å²) in [5, 5.41) is 4.86. The van der Waals surface area contributed by atoms with Crippen molar-refractivity contribution < 1.29 is 4.39 Å². The number of hydrogen-bond acceptors (Lipinski definition) is 3. The molecule has 2 aromatic carbocycles. The summed E-state index contributed by atoms with van der Waals surface area (Å²) in [6, 6.07) is 13.5. The highest BCUT2D eigenvalue weighted by Crippen LogP contribution is 2.25. The molecule has 0 fully saturated rings. The standard InChI is InChI=1S/C21H18BrFN4O/c1-21(2,3)26-12-16-18(25-26)24-19(15-6-4-5-7-17(15)23)27(20(16)28)14-10-8-13(22)9-11-14/h4-12H,1-3H3. The van der Waals surface area contributed by atoms with Crippen LogP contribution in [0.5, 0.6) is 0 Å². The molecule has 7 heteroatoms. The van der Waals surface area contributed by atoms with Crippen LogP contribution in [0.3, 0.4) is 0 Å². The summed E-state index contributed by atoms with van der Waals surface area (Å²) >= 11 is 3.40. The van der Waals surface area contributed by atoms with Crippen LogP contribution < -0.4 is 5.56 Å². The Morgan fingerprint density at radius 3 is 2.36 bits per heavy atom. The topological polar surface area (TPSA) is 52.7 Å². The van der Waals surface area contributed by atoms with Crippen molar-refractivity contribution in [2.45, 2.75) is 26.3 Å². The molecule has 0 spiro atoms. The molecule has 142 valence electrons. The number of benzene rings is 2. The van der Waals surface area contributed by atoms with Crippen LogP contribution in [-0.2, 0) is 5.54 Å². The summed E-state index contributed by atoms with van der Waals surface area (Å²) in [5.74, 6) is -0.230. The molecular formula is C21H18BrFN4O. The molecule has 0 radical (unpaired) electrons. The van der Waals surface area contributed by atoms with E-state index in [0.29, 0.717) is 16.7 Å². The summed E-state index contributed by atoms with van der Waals surface area (Å²) in [7, 11) is 0. The monoisotopic (exact) mass is 440 g/mol. The van der Waals surface area contributed by atoms with Crippen molar-refractivity contribution >= 4 is 27.0 Å². The van der Waals surface area contributed by atoms with E-state index >= 15 is 0 Å². The van der Waals surface area contributed by atoms with Crippen molar-refractivity contribution in [1.82, 2.24) is 19.3 Å². The van der Waals surface area contributed by atoms with Crippen molar-refractivity contribution in [1.29, 1.82) is 0 Å². The van der Waals surface area contributed by atoms with Crippen LogP contribution in [-0.4, -0.2) is 19.3 Å². The number of nitrogens with zero attached hydrogens (tertiary/aromatic N) is 4. The second-order valence-electron chi connectivity index (χ2n) is 7.51. The normalized spacial score (nSPS) is 11.9. The van der Waals surface area contributed by atoms with Gasteiger partial charge in [0.05, 0.1) is 16.8 Å². The number of rotatable bonds is 2. The highest BCUT2D eigenvalue weighted by Gasteiger charge is 2.22. The first-order valence-corrected chi connectivity index (χ1v) is 9.59. The van der Waals surface area contributed by atoms with Gasteiger partial charge in [0.15, 0.2) is 11.5 Å². The average Bonchev–Trinajstić information content (AvgIpc) is 3.08. The zero-order valence-electron chi connectivity index (χ0n) is 15.6. The maximum absolute atomic E-state index is 14.6. The van der Waals surface area contributed by atoms with Gasteiger partial charge in [0.1, 0.15) is 11.2 Å². The highest BCUT2D eigenvalue weighted by atomic mass is 79.9. The van der Waals surface area contributed by atoms with E-state index in [4.69, 9.17) is 0 Å². The van der Waals surface area contributed by atoms with Gasteiger partial charge in [0, 0.05) is 10.7 Å². The van der Waals surface area contributed by atoms with E-state index in [9.17, 15) is 9.18 Å². The van der Waals surface area contributed by atoms with Crippen molar-refractivity contribution in [3.8, 4) is 17.1 Å². The maximum atomic E-state index is 14.6. The van der Waals surface area contributed by atoms with E-state index in [1.54, 1.807) is 41.2 Å². The zero-order chi connectivity index (χ0) is 20.1. The fourth-order valence-corrected chi connectivity index (χ4v) is 3.23. The van der Waals surface area contributed by atoms with Gasteiger partial charge in [-0.15, -0.1) is 0 Å². The van der Waals surface area contributed by atoms with Gasteiger partial charge in [-0.3, -0.25) is 14.0 Å². The molecule has 0 atom stereocenters. The van der Waals surface area contributed by atoms with Gasteiger partial charge >= 0.3 is 0 Å². The Hall–Kier alpha value is -2.80. The molecule has 0 amide bonds. The van der Waals surface area contributed by atoms with E-state index in [-0.39, 0.29) is 22.5 Å². The molecule has 0 N–H and O–H groups in total. The lowest BCUT2D eigenvalue weighted by Crippen LogP contribution is -2.22. The van der Waals surface area contributed by atoms with E-state index in [0.717, 1.165) is 4.47 Å². The number of fused-ring (bicyclic) bond motifs is 1. The second-order valence-corrected chi connectivity index (χ2v) is 8.43. The van der Waals surface area contributed by atoms with Gasteiger partial charge in [-0.1, -0.05) is 28.1 Å². The summed E-state index contributed by atoms with van der Waals surface area (Å²) in [4.78, 5) is 18.0. The van der Waals surface area contributed by atoms with E-state index in [1.807, 2.05) is 32.9 Å². The highest BCUT2D eigenvalue weighted by molar-refractivity contribution is 9.10. The molecule has 2 aromatic heterocycles. The average molecular weight is 441 g/mol. The molecule has 5 nitrogen and oxygen atoms in total. The van der Waals surface area contributed by atoms with Gasteiger partial charge in [-0.25, -0.2) is 9.37 Å². The molecule has 0 aliphatic carbocycles. The fourth-order valence-electron chi connectivity index (χ4n) is 2.96. The van der Waals surface area contributed by atoms with E-state index < -0.39 is 5.82 Å². The molecule has 0 saturated carbocycles. The Balaban J connectivity index is 2.10. The Kier molecular flexibility index (Phi) is 4.42. The predicted octanol–water partition coefficient (Wildman–Crippen LogP) is 4.91. The van der Waals surface area contributed by atoms with Crippen molar-refractivity contribution in [2.24, 2.45) is 0 Å². The smallest absolute Gasteiger partial charge is 0.268 e. The minimum atomic E-state index is -0.449. The third-order valence-electron chi connectivity index (χ3n) is 4.44. The largest absolute Gasteiger partial charge is 0.269 e. The van der Waals surface area contributed by atoms with Gasteiger partial charge in [-0.05, 0) is 57.2 Å². The van der Waals surface area contributed by atoms with Crippen molar-refractivity contribution in [2.75, 3.05) is 0 Å². The Morgan fingerprint density at radius 2 is 1.71 bits per heavy atom. The first-order valence-electron chi connectivity index (χ1n) is 8.79. The summed E-state index contributed by atoms with van der Waals surface area (Å²) < 4.78 is 18.6. The van der Waals surface area contributed by atoms with Gasteiger partial charge in [0.2, 0.25) is 0 Å². The molecule has 4 rings (SSSR count). The molecule has 4 aromatic rings. The van der Waals surface area contributed by atoms with Gasteiger partial charge in [0.25, 0.3) is 5.56 Å². The predicted molar refractivity (Wildman–Crippen MR) is 111 cm³/mol. The Morgan fingerprint density at radius 1 is 1.04 bits per heavy atom. The van der Waals surface area contributed by atoms with E-state index in [1.165, 1.54) is 10.6 Å². The summed E-state index contributed by atoms with van der Waals surface area (Å²) in [5.41, 5.74) is 0.542. The van der Waals surface area contributed by atoms with Crippen LogP contribution in [0.4, 0.5) is 4.39 Å². The zero-order valence-corrected chi connectivity index (χ0v) is 17.2. The SMILES string of the molecule is CC(C)(C)n1cc2c(=O)n(-c3ccc(Br)cc3)c(-c3ccccc3F)nc2n1. The van der Waals surface area contributed by atoms with Crippen LogP contribution in [0.2, 0.25) is 0 Å². The molecule has 0 aliphatic heterocycles. The van der Waals surface area contributed by atoms with E-state index in [2.05, 4.69) is 26.0 Å². The van der Waals surface area contributed by atoms with Crippen LogP contribution in [0.15, 0.2) is 64.0 Å². The van der Waals surface area contributed by atoms with Crippen molar-refractivity contribution in [3.05, 3.63) is 75.4 Å². The molecule has 0 bridgehead atoms. The lowest BCUT2D eigenvalue weighted by Gasteiger charge is -2.18. The molecule has 2 heterocycles. The van der Waals surface area contributed by atoms with Crippen molar-refractivity contribution in [3.63, 3.8) is 0 Å². The third-order valence-corrected chi connectivity index (χ3v) is 4.97. The Labute approximate surface area is 169 Å². The maximum Gasteiger partial charge on any atom is 0.269 e. The molecule has 0 aliphatic rings. The van der Waals surface area contributed by atoms with Crippen LogP contribution in [0.1, 0.15) is 20.8 Å². The van der Waals surface area contributed by atoms with Crippen LogP contribution in [0, 0.1) is 5.82 Å². The number of aromatic nitrogens is 4. The first-order chi connectivity index (χ1) is 13.3. The molecule has 28 heavy (non-hydrogen) atoms. The lowest BCUT2D eigenvalue weighted by molar-refractivity contribution is 0.358. The second kappa shape index (κ2) is 6.67. The number of halogens is 2. The number of hydrogen-bond donors (Lipinski definition) is 0. The van der Waals surface area contributed by atoms with Crippen LogP contribution in [0.25, 0.3) is 28.1 Å². The minimum Gasteiger partial charge on any atom is -0.268 e. The quantitative estimate of drug-likeness (QED) is 0.445. The van der Waals surface area contributed by atoms with Gasteiger partial charge in [-0.2, -0.15) is 5.10 Å². The Bertz CT molecular complexity index is 1240. The third kappa shape index (κ3) is 3.16. The summed E-state index contributed by atoms with van der Waals surface area (Å²) in [6.45, 7) is 5.97. The van der Waals surface area contributed by atoms with Crippen LogP contribution >= 0.6 is 15.9 Å². The first kappa shape index (κ1) is 18.6. The lowest BCUT2D eigenvalue weighted by atomic mass is 10.1. The molecular weight excluding hydrogens is 423 g/mol. The minimum absolute atomic E-state index is 0.220.